The average Bonchev–Trinajstić information content (AvgIpc) is 3.15. The lowest BCUT2D eigenvalue weighted by Crippen LogP contribution is -2.42. The molecule has 126 valence electrons. The summed E-state index contributed by atoms with van der Waals surface area (Å²) in [5.74, 6) is 1.78. The number of furan rings is 1. The largest absolute Gasteiger partial charge is 0.468 e. The molecule has 23 heavy (non-hydrogen) atoms. The number of aryl methyl sites for hydroxylation is 1. The van der Waals surface area contributed by atoms with Gasteiger partial charge in [-0.1, -0.05) is 0 Å². The van der Waals surface area contributed by atoms with Gasteiger partial charge in [0, 0.05) is 26.0 Å². The first-order chi connectivity index (χ1) is 11.0. The fourth-order valence-corrected chi connectivity index (χ4v) is 2.99. The van der Waals surface area contributed by atoms with Crippen molar-refractivity contribution in [2.45, 2.75) is 19.5 Å². The molecule has 7 heteroatoms. The van der Waals surface area contributed by atoms with E-state index in [1.165, 1.54) is 0 Å². The number of aliphatic imine (C=N–C) groups is 1. The van der Waals surface area contributed by atoms with Crippen molar-refractivity contribution in [2.75, 3.05) is 34.7 Å². The van der Waals surface area contributed by atoms with Crippen molar-refractivity contribution in [3.05, 3.63) is 40.2 Å². The van der Waals surface area contributed by atoms with Gasteiger partial charge < -0.3 is 14.6 Å². The van der Waals surface area contributed by atoms with Crippen LogP contribution < -0.4 is 5.32 Å². The molecule has 0 bridgehead atoms. The third kappa shape index (κ3) is 4.80. The second-order valence-corrected chi connectivity index (χ2v) is 6.70. The van der Waals surface area contributed by atoms with Gasteiger partial charge in [0.15, 0.2) is 5.96 Å². The molecule has 2 aromatic rings. The Morgan fingerprint density at radius 3 is 2.74 bits per heavy atom. The number of nitrogens with zero attached hydrogens (tertiary/aromatic N) is 4. The van der Waals surface area contributed by atoms with Crippen LogP contribution in [0.5, 0.6) is 0 Å². The Bertz CT molecular complexity index is 620. The van der Waals surface area contributed by atoms with Gasteiger partial charge in [-0.2, -0.15) is 0 Å². The molecule has 2 heterocycles. The first-order valence-electron chi connectivity index (χ1n) is 7.54. The lowest BCUT2D eigenvalue weighted by atomic mass is 10.2. The van der Waals surface area contributed by atoms with Crippen LogP contribution in [0.2, 0.25) is 0 Å². The number of nitrogens with one attached hydrogen (secondary N) is 1. The molecule has 2 rings (SSSR count). The number of thiazole rings is 1. The van der Waals surface area contributed by atoms with E-state index >= 15 is 0 Å². The fraction of sp³-hybridized carbons (Fsp3) is 0.500. The standard InChI is InChI=1S/C16H25N5OS/c1-12-19-13(11-23-12)10-21(5)16(17-2)18-9-14(20(3)4)15-7-6-8-22-15/h6-8,11,14H,9-10H2,1-5H3,(H,17,18). The SMILES string of the molecule is CN=C(NCC(c1ccco1)N(C)C)N(C)Cc1csc(C)n1. The molecule has 2 aromatic heterocycles. The van der Waals surface area contributed by atoms with Gasteiger partial charge in [-0.05, 0) is 33.2 Å². The van der Waals surface area contributed by atoms with E-state index in [9.17, 15) is 0 Å². The van der Waals surface area contributed by atoms with E-state index in [0.29, 0.717) is 6.54 Å². The topological polar surface area (TPSA) is 56.9 Å². The summed E-state index contributed by atoms with van der Waals surface area (Å²) < 4.78 is 5.54. The highest BCUT2D eigenvalue weighted by Gasteiger charge is 2.18. The maximum atomic E-state index is 5.54. The lowest BCUT2D eigenvalue weighted by Gasteiger charge is -2.26. The highest BCUT2D eigenvalue weighted by atomic mass is 32.1. The lowest BCUT2D eigenvalue weighted by molar-refractivity contribution is 0.256. The monoisotopic (exact) mass is 335 g/mol. The minimum atomic E-state index is 0.150. The number of likely N-dealkylation sites (N-methyl/N-ethyl adjacent to an activating group) is 1. The Morgan fingerprint density at radius 1 is 1.43 bits per heavy atom. The molecule has 0 aliphatic heterocycles. The minimum Gasteiger partial charge on any atom is -0.468 e. The maximum Gasteiger partial charge on any atom is 0.193 e. The molecule has 1 atom stereocenters. The second kappa shape index (κ2) is 8.12. The molecule has 0 fully saturated rings. The van der Waals surface area contributed by atoms with Crippen LogP contribution in [0.4, 0.5) is 0 Å². The highest BCUT2D eigenvalue weighted by Crippen LogP contribution is 2.17. The number of hydrogen-bond donors (Lipinski definition) is 1. The first-order valence-corrected chi connectivity index (χ1v) is 8.42. The molecule has 1 N–H and O–H groups in total. The van der Waals surface area contributed by atoms with Crippen molar-refractivity contribution in [1.29, 1.82) is 0 Å². The first kappa shape index (κ1) is 17.5. The molecule has 0 aliphatic rings. The molecule has 0 amide bonds. The molecule has 0 saturated heterocycles. The van der Waals surface area contributed by atoms with E-state index in [4.69, 9.17) is 4.42 Å². The van der Waals surface area contributed by atoms with Crippen LogP contribution in [0.1, 0.15) is 22.5 Å². The second-order valence-electron chi connectivity index (χ2n) is 5.64. The summed E-state index contributed by atoms with van der Waals surface area (Å²) in [5.41, 5.74) is 1.06. The molecule has 1 unspecified atom stereocenters. The van der Waals surface area contributed by atoms with Crippen LogP contribution in [0.25, 0.3) is 0 Å². The molecular formula is C16H25N5OS. The van der Waals surface area contributed by atoms with Crippen molar-refractivity contribution in [3.63, 3.8) is 0 Å². The minimum absolute atomic E-state index is 0.150. The predicted molar refractivity (Wildman–Crippen MR) is 94.8 cm³/mol. The normalized spacial score (nSPS) is 13.4. The van der Waals surface area contributed by atoms with Crippen LogP contribution >= 0.6 is 11.3 Å². The van der Waals surface area contributed by atoms with E-state index in [1.54, 1.807) is 24.6 Å². The Balaban J connectivity index is 1.95. The number of rotatable bonds is 6. The van der Waals surface area contributed by atoms with Gasteiger partial charge >= 0.3 is 0 Å². The molecule has 0 radical (unpaired) electrons. The Labute approximate surface area is 141 Å². The summed E-state index contributed by atoms with van der Waals surface area (Å²) in [6.45, 7) is 3.47. The number of hydrogen-bond acceptors (Lipinski definition) is 5. The third-order valence-corrected chi connectivity index (χ3v) is 4.41. The highest BCUT2D eigenvalue weighted by molar-refractivity contribution is 7.09. The summed E-state index contributed by atoms with van der Waals surface area (Å²) in [6.07, 6.45) is 1.71. The molecular weight excluding hydrogens is 310 g/mol. The summed E-state index contributed by atoms with van der Waals surface area (Å²) in [4.78, 5) is 13.1. The molecule has 0 saturated carbocycles. The van der Waals surface area contributed by atoms with Crippen LogP contribution in [-0.2, 0) is 6.54 Å². The van der Waals surface area contributed by atoms with Gasteiger partial charge in [-0.25, -0.2) is 4.98 Å². The van der Waals surface area contributed by atoms with E-state index in [2.05, 4.69) is 30.5 Å². The number of guanidine groups is 1. The van der Waals surface area contributed by atoms with Crippen molar-refractivity contribution < 1.29 is 4.42 Å². The van der Waals surface area contributed by atoms with Crippen LogP contribution in [-0.4, -0.2) is 55.5 Å². The molecule has 0 aromatic carbocycles. The molecule has 6 nitrogen and oxygen atoms in total. The Kier molecular flexibility index (Phi) is 6.18. The summed E-state index contributed by atoms with van der Waals surface area (Å²) in [7, 11) is 7.89. The fourth-order valence-electron chi connectivity index (χ4n) is 2.39. The van der Waals surface area contributed by atoms with Crippen LogP contribution in [0, 0.1) is 6.92 Å². The van der Waals surface area contributed by atoms with E-state index < -0.39 is 0 Å². The summed E-state index contributed by atoms with van der Waals surface area (Å²) in [6, 6.07) is 4.06. The van der Waals surface area contributed by atoms with E-state index in [0.717, 1.165) is 29.0 Å². The van der Waals surface area contributed by atoms with Gasteiger partial charge in [0.25, 0.3) is 0 Å². The third-order valence-electron chi connectivity index (χ3n) is 3.59. The Hall–Kier alpha value is -1.86. The van der Waals surface area contributed by atoms with Gasteiger partial charge in [0.2, 0.25) is 0 Å². The number of aromatic nitrogens is 1. The van der Waals surface area contributed by atoms with Gasteiger partial charge in [-0.3, -0.25) is 9.89 Å². The zero-order valence-electron chi connectivity index (χ0n) is 14.4. The molecule has 0 spiro atoms. The maximum absolute atomic E-state index is 5.54. The summed E-state index contributed by atoms with van der Waals surface area (Å²) >= 11 is 1.67. The Morgan fingerprint density at radius 2 is 2.22 bits per heavy atom. The summed E-state index contributed by atoms with van der Waals surface area (Å²) in [5, 5.41) is 6.59. The zero-order valence-corrected chi connectivity index (χ0v) is 15.2. The van der Waals surface area contributed by atoms with Crippen LogP contribution in [0.15, 0.2) is 33.2 Å². The van der Waals surface area contributed by atoms with Crippen LogP contribution in [0.3, 0.4) is 0 Å². The van der Waals surface area contributed by atoms with E-state index in [1.807, 2.05) is 40.2 Å². The predicted octanol–water partition coefficient (Wildman–Crippen LogP) is 2.35. The van der Waals surface area contributed by atoms with Gasteiger partial charge in [-0.15, -0.1) is 11.3 Å². The quantitative estimate of drug-likeness (QED) is 0.649. The van der Waals surface area contributed by atoms with Gasteiger partial charge in [0.1, 0.15) is 5.76 Å². The smallest absolute Gasteiger partial charge is 0.193 e. The van der Waals surface area contributed by atoms with Crippen molar-refractivity contribution >= 4 is 17.3 Å². The van der Waals surface area contributed by atoms with Crippen molar-refractivity contribution in [3.8, 4) is 0 Å². The van der Waals surface area contributed by atoms with Crippen molar-refractivity contribution in [1.82, 2.24) is 20.1 Å². The average molecular weight is 335 g/mol. The van der Waals surface area contributed by atoms with Crippen molar-refractivity contribution in [2.24, 2.45) is 4.99 Å². The molecule has 0 aliphatic carbocycles. The van der Waals surface area contributed by atoms with E-state index in [-0.39, 0.29) is 6.04 Å². The zero-order chi connectivity index (χ0) is 16.8. The van der Waals surface area contributed by atoms with Gasteiger partial charge in [0.05, 0.1) is 29.6 Å².